The summed E-state index contributed by atoms with van der Waals surface area (Å²) in [4.78, 5) is 34.5. The molecule has 8 nitrogen and oxygen atoms in total. The van der Waals surface area contributed by atoms with Crippen molar-refractivity contribution in [3.05, 3.63) is 29.3 Å². The zero-order chi connectivity index (χ0) is 20.9. The Morgan fingerprint density at radius 3 is 2.68 bits per heavy atom. The first-order valence-electron chi connectivity index (χ1n) is 8.20. The van der Waals surface area contributed by atoms with Gasteiger partial charge >= 0.3 is 25.2 Å². The minimum absolute atomic E-state index is 0.0172. The summed E-state index contributed by atoms with van der Waals surface area (Å²) in [7, 11) is -1.58. The number of esters is 2. The third kappa shape index (κ3) is 6.15. The minimum Gasteiger partial charge on any atom is -0.534 e. The van der Waals surface area contributed by atoms with E-state index in [0.717, 1.165) is 6.92 Å². The van der Waals surface area contributed by atoms with E-state index in [-0.39, 0.29) is 17.7 Å². The second kappa shape index (κ2) is 8.96. The highest BCUT2D eigenvalue weighted by Gasteiger charge is 2.38. The van der Waals surface area contributed by atoms with E-state index < -0.39 is 56.7 Å². The molecule has 0 spiro atoms. The average molecular weight is 403 g/mol. The quantitative estimate of drug-likeness (QED) is 0.417. The van der Waals surface area contributed by atoms with Gasteiger partial charge in [-0.1, -0.05) is 12.1 Å². The molecule has 1 heterocycles. The largest absolute Gasteiger partial charge is 0.547 e. The van der Waals surface area contributed by atoms with E-state index in [2.05, 4.69) is 10.1 Å². The monoisotopic (exact) mass is 403 g/mol. The van der Waals surface area contributed by atoms with Crippen LogP contribution >= 0.6 is 0 Å². The summed E-state index contributed by atoms with van der Waals surface area (Å²) in [6.45, 7) is 0.541. The summed E-state index contributed by atoms with van der Waals surface area (Å²) in [6.07, 6.45) is -6.49. The molecule has 0 saturated heterocycles. The van der Waals surface area contributed by atoms with Crippen molar-refractivity contribution in [2.75, 3.05) is 6.79 Å². The summed E-state index contributed by atoms with van der Waals surface area (Å²) in [5.41, 5.74) is 0.402. The number of rotatable bonds is 6. The highest BCUT2D eigenvalue weighted by atomic mass is 19.4. The molecule has 2 rings (SSSR count). The van der Waals surface area contributed by atoms with Crippen molar-refractivity contribution in [2.45, 2.75) is 38.3 Å². The maximum Gasteiger partial charge on any atom is 0.547 e. The Kier molecular flexibility index (Phi) is 6.89. The number of hydrogen-bond acceptors (Lipinski definition) is 7. The van der Waals surface area contributed by atoms with Crippen molar-refractivity contribution >= 4 is 25.0 Å². The summed E-state index contributed by atoms with van der Waals surface area (Å²) in [5, 5.41) is 12.4. The SMILES string of the molecule is CC(=O)OCOC(=O)c1cccc2c1OB(O)[C@@H](NC(=O)CCC(F)(F)F)C2. The second-order valence-electron chi connectivity index (χ2n) is 5.98. The predicted molar refractivity (Wildman–Crippen MR) is 88.0 cm³/mol. The molecule has 2 N–H and O–H groups in total. The van der Waals surface area contributed by atoms with Crippen LogP contribution in [0.25, 0.3) is 0 Å². The second-order valence-corrected chi connectivity index (χ2v) is 5.98. The number of para-hydroxylation sites is 1. The molecule has 28 heavy (non-hydrogen) atoms. The zero-order valence-corrected chi connectivity index (χ0v) is 14.7. The van der Waals surface area contributed by atoms with Crippen molar-refractivity contribution < 1.29 is 46.7 Å². The van der Waals surface area contributed by atoms with E-state index in [1.54, 1.807) is 6.07 Å². The van der Waals surface area contributed by atoms with Crippen LogP contribution in [-0.4, -0.2) is 48.9 Å². The number of alkyl halides is 3. The summed E-state index contributed by atoms with van der Waals surface area (Å²) >= 11 is 0. The van der Waals surface area contributed by atoms with Crippen LogP contribution in [0.3, 0.4) is 0 Å². The number of fused-ring (bicyclic) bond motifs is 1. The predicted octanol–water partition coefficient (Wildman–Crippen LogP) is 1.15. The van der Waals surface area contributed by atoms with Gasteiger partial charge in [-0.15, -0.1) is 0 Å². The first-order chi connectivity index (χ1) is 13.1. The number of nitrogens with one attached hydrogen (secondary N) is 1. The molecule has 0 bridgehead atoms. The van der Waals surface area contributed by atoms with Crippen LogP contribution in [0.2, 0.25) is 0 Å². The van der Waals surface area contributed by atoms with Crippen molar-refractivity contribution in [3.63, 3.8) is 0 Å². The first-order valence-corrected chi connectivity index (χ1v) is 8.20. The summed E-state index contributed by atoms with van der Waals surface area (Å²) in [6, 6.07) is 4.44. The van der Waals surface area contributed by atoms with Gasteiger partial charge in [-0.2, -0.15) is 13.2 Å². The summed E-state index contributed by atoms with van der Waals surface area (Å²) < 4.78 is 51.2. The lowest BCUT2D eigenvalue weighted by molar-refractivity contribution is -0.149. The zero-order valence-electron chi connectivity index (χ0n) is 14.7. The van der Waals surface area contributed by atoms with Crippen molar-refractivity contribution in [1.82, 2.24) is 5.32 Å². The van der Waals surface area contributed by atoms with Crippen molar-refractivity contribution in [2.24, 2.45) is 0 Å². The number of halogens is 3. The van der Waals surface area contributed by atoms with Crippen LogP contribution in [0.5, 0.6) is 5.75 Å². The number of amides is 1. The molecule has 0 radical (unpaired) electrons. The van der Waals surface area contributed by atoms with Gasteiger partial charge in [0.2, 0.25) is 12.7 Å². The van der Waals surface area contributed by atoms with Gasteiger partial charge in [0.05, 0.1) is 12.4 Å². The molecule has 1 amide bonds. The fourth-order valence-corrected chi connectivity index (χ4v) is 2.49. The number of carbonyl (C=O) groups excluding carboxylic acids is 3. The van der Waals surface area contributed by atoms with Gasteiger partial charge in [0.15, 0.2) is 0 Å². The molecule has 12 heteroatoms. The van der Waals surface area contributed by atoms with Gasteiger partial charge in [0.25, 0.3) is 0 Å². The lowest BCUT2D eigenvalue weighted by atomic mass is 9.72. The Balaban J connectivity index is 2.03. The van der Waals surface area contributed by atoms with Crippen molar-refractivity contribution in [3.8, 4) is 5.75 Å². The lowest BCUT2D eigenvalue weighted by Gasteiger charge is -2.29. The van der Waals surface area contributed by atoms with Crippen LogP contribution in [0.1, 0.15) is 35.7 Å². The number of hydrogen-bond donors (Lipinski definition) is 2. The molecule has 1 aliphatic rings. The van der Waals surface area contributed by atoms with Crippen LogP contribution in [0.4, 0.5) is 13.2 Å². The van der Waals surface area contributed by atoms with Crippen molar-refractivity contribution in [1.29, 1.82) is 0 Å². The van der Waals surface area contributed by atoms with Crippen LogP contribution in [-0.2, 0) is 25.5 Å². The number of benzene rings is 1. The fraction of sp³-hybridized carbons (Fsp3) is 0.438. The van der Waals surface area contributed by atoms with E-state index in [4.69, 9.17) is 9.39 Å². The molecule has 1 aromatic rings. The van der Waals surface area contributed by atoms with Gasteiger partial charge in [0, 0.05) is 13.3 Å². The lowest BCUT2D eigenvalue weighted by Crippen LogP contribution is -2.53. The topological polar surface area (TPSA) is 111 Å². The van der Waals surface area contributed by atoms with Gasteiger partial charge in [-0.05, 0) is 18.1 Å². The smallest absolute Gasteiger partial charge is 0.534 e. The highest BCUT2D eigenvalue weighted by molar-refractivity contribution is 6.47. The fourth-order valence-electron chi connectivity index (χ4n) is 2.49. The molecule has 0 aliphatic carbocycles. The third-order valence-corrected chi connectivity index (χ3v) is 3.77. The molecule has 1 aliphatic heterocycles. The first kappa shape index (κ1) is 21.5. The minimum atomic E-state index is -4.47. The normalized spacial score (nSPS) is 15.9. The van der Waals surface area contributed by atoms with Gasteiger partial charge in [-0.3, -0.25) is 9.59 Å². The standard InChI is InChI=1S/C16H17BF3NO7/c1-9(22)26-8-27-15(24)11-4-2-3-10-7-12(17(25)28-14(10)11)21-13(23)5-6-16(18,19)20/h2-4,12,25H,5-8H2,1H3,(H,21,23)/t12-/m0/s1. The molecule has 0 aromatic heterocycles. The number of ether oxygens (including phenoxy) is 2. The van der Waals surface area contributed by atoms with Gasteiger partial charge in [0.1, 0.15) is 11.3 Å². The van der Waals surface area contributed by atoms with Crippen LogP contribution < -0.4 is 9.97 Å². The third-order valence-electron chi connectivity index (χ3n) is 3.77. The van der Waals surface area contributed by atoms with Crippen LogP contribution in [0, 0.1) is 0 Å². The molecular formula is C16H17BF3NO7. The van der Waals surface area contributed by atoms with Gasteiger partial charge in [-0.25, -0.2) is 4.79 Å². The van der Waals surface area contributed by atoms with Crippen LogP contribution in [0.15, 0.2) is 18.2 Å². The van der Waals surface area contributed by atoms with E-state index in [1.165, 1.54) is 12.1 Å². The molecular weight excluding hydrogens is 386 g/mol. The Morgan fingerprint density at radius 2 is 2.04 bits per heavy atom. The van der Waals surface area contributed by atoms with E-state index in [1.807, 2.05) is 0 Å². The van der Waals surface area contributed by atoms with E-state index in [0.29, 0.717) is 5.56 Å². The Hall–Kier alpha value is -2.76. The Bertz CT molecular complexity index is 756. The molecule has 1 atom stereocenters. The number of carbonyl (C=O) groups is 3. The molecule has 152 valence electrons. The maximum absolute atomic E-state index is 12.2. The van der Waals surface area contributed by atoms with E-state index in [9.17, 15) is 32.6 Å². The molecule has 0 fully saturated rings. The molecule has 0 unspecified atom stereocenters. The maximum atomic E-state index is 12.2. The average Bonchev–Trinajstić information content (AvgIpc) is 2.59. The molecule has 0 saturated carbocycles. The highest BCUT2D eigenvalue weighted by Crippen LogP contribution is 2.31. The summed E-state index contributed by atoms with van der Waals surface area (Å²) in [5.74, 6) is -3.36. The Labute approximate surface area is 158 Å². The molecule has 1 aromatic carbocycles. The Morgan fingerprint density at radius 1 is 1.32 bits per heavy atom. The van der Waals surface area contributed by atoms with Gasteiger partial charge < -0.3 is 24.5 Å². The van der Waals surface area contributed by atoms with E-state index >= 15 is 0 Å².